The Morgan fingerprint density at radius 1 is 1.00 bits per heavy atom. The van der Waals surface area contributed by atoms with Crippen molar-refractivity contribution in [1.82, 2.24) is 15.0 Å². The fraction of sp³-hybridized carbons (Fsp3) is 0.148. The third kappa shape index (κ3) is 6.68. The molecule has 0 aliphatic heterocycles. The maximum absolute atomic E-state index is 14.7. The number of carbonyl (C=O) groups is 2. The molecular weight excluding hydrogens is 495 g/mol. The summed E-state index contributed by atoms with van der Waals surface area (Å²) in [5.41, 5.74) is 2.38. The molecule has 2 amide bonds. The van der Waals surface area contributed by atoms with Crippen LogP contribution < -0.4 is 24.8 Å². The van der Waals surface area contributed by atoms with E-state index in [2.05, 4.69) is 20.3 Å². The lowest BCUT2D eigenvalue weighted by Crippen LogP contribution is -2.19. The number of methoxy groups -OCH3 is 1. The predicted molar refractivity (Wildman–Crippen MR) is 143 cm³/mol. The van der Waals surface area contributed by atoms with Gasteiger partial charge in [-0.1, -0.05) is 30.3 Å². The van der Waals surface area contributed by atoms with E-state index in [1.165, 1.54) is 31.2 Å². The average Bonchev–Trinajstić information content (AvgIpc) is 2.91. The number of anilines is 1. The number of hydrogen-bond donors (Lipinski definition) is 3. The van der Waals surface area contributed by atoms with Crippen molar-refractivity contribution in [3.05, 3.63) is 89.7 Å². The van der Waals surface area contributed by atoms with Gasteiger partial charge in [0.25, 0.3) is 5.91 Å². The van der Waals surface area contributed by atoms with E-state index in [1.807, 2.05) is 30.3 Å². The van der Waals surface area contributed by atoms with Crippen LogP contribution in [0.1, 0.15) is 15.9 Å². The quantitative estimate of drug-likeness (QED) is 0.155. The zero-order valence-corrected chi connectivity index (χ0v) is 21.0. The van der Waals surface area contributed by atoms with E-state index in [-0.39, 0.29) is 23.4 Å². The number of amides is 2. The standard InChI is InChI=1S/C27H25FN4O4S/c1-29-27(34)20-13-18-8-11-26(31-22(18)15-24(20)35-2)36-23-10-9-19(14-21(23)28)30-16-37-32-25(33)12-17-6-4-3-5-7-17/h3-11,13-15,30H,12,16H2,1-2H3,(H,29,34)(H,32,33). The third-order valence-corrected chi connectivity index (χ3v) is 6.01. The maximum atomic E-state index is 14.7. The number of nitrogens with one attached hydrogen (secondary N) is 3. The van der Waals surface area contributed by atoms with Gasteiger partial charge in [-0.15, -0.1) is 0 Å². The zero-order chi connectivity index (χ0) is 26.2. The van der Waals surface area contributed by atoms with Crippen LogP contribution in [-0.4, -0.2) is 36.8 Å². The van der Waals surface area contributed by atoms with Gasteiger partial charge >= 0.3 is 0 Å². The fourth-order valence-electron chi connectivity index (χ4n) is 3.53. The summed E-state index contributed by atoms with van der Waals surface area (Å²) in [7, 11) is 3.01. The topological polar surface area (TPSA) is 102 Å². The molecule has 0 aliphatic rings. The number of nitrogens with zero attached hydrogens (tertiary/aromatic N) is 1. The van der Waals surface area contributed by atoms with Gasteiger partial charge in [-0.2, -0.15) is 0 Å². The molecule has 3 aromatic carbocycles. The Bertz CT molecular complexity index is 1420. The monoisotopic (exact) mass is 520 g/mol. The molecule has 8 nitrogen and oxygen atoms in total. The van der Waals surface area contributed by atoms with Gasteiger partial charge in [0, 0.05) is 36.3 Å². The molecule has 190 valence electrons. The first kappa shape index (κ1) is 25.8. The van der Waals surface area contributed by atoms with Gasteiger partial charge in [-0.3, -0.25) is 14.3 Å². The summed E-state index contributed by atoms with van der Waals surface area (Å²) in [5.74, 6) is -0.0358. The zero-order valence-electron chi connectivity index (χ0n) is 20.2. The van der Waals surface area contributed by atoms with E-state index in [0.717, 1.165) is 5.56 Å². The van der Waals surface area contributed by atoms with Crippen LogP contribution in [-0.2, 0) is 11.2 Å². The summed E-state index contributed by atoms with van der Waals surface area (Å²) in [6.45, 7) is 0. The molecule has 0 bridgehead atoms. The highest BCUT2D eigenvalue weighted by Crippen LogP contribution is 2.30. The maximum Gasteiger partial charge on any atom is 0.254 e. The predicted octanol–water partition coefficient (Wildman–Crippen LogP) is 4.91. The summed E-state index contributed by atoms with van der Waals surface area (Å²) in [6.07, 6.45) is 0.291. The molecule has 0 atom stereocenters. The van der Waals surface area contributed by atoms with Crippen molar-refractivity contribution in [2.24, 2.45) is 0 Å². The highest BCUT2D eigenvalue weighted by molar-refractivity contribution is 7.98. The van der Waals surface area contributed by atoms with Gasteiger partial charge < -0.3 is 20.1 Å². The van der Waals surface area contributed by atoms with E-state index in [1.54, 1.807) is 37.4 Å². The lowest BCUT2D eigenvalue weighted by atomic mass is 10.1. The van der Waals surface area contributed by atoms with Gasteiger partial charge in [0.05, 0.1) is 30.5 Å². The third-order valence-electron chi connectivity index (χ3n) is 5.34. The van der Waals surface area contributed by atoms with E-state index >= 15 is 0 Å². The van der Waals surface area contributed by atoms with Crippen molar-refractivity contribution in [2.75, 3.05) is 25.4 Å². The molecule has 0 saturated heterocycles. The largest absolute Gasteiger partial charge is 0.496 e. The second-order valence-corrected chi connectivity index (χ2v) is 8.66. The van der Waals surface area contributed by atoms with Crippen LogP contribution in [0.2, 0.25) is 0 Å². The Morgan fingerprint density at radius 3 is 2.54 bits per heavy atom. The lowest BCUT2D eigenvalue weighted by molar-refractivity contribution is -0.118. The highest BCUT2D eigenvalue weighted by atomic mass is 32.2. The van der Waals surface area contributed by atoms with Crippen molar-refractivity contribution < 1.29 is 23.5 Å². The van der Waals surface area contributed by atoms with Gasteiger partial charge in [0.15, 0.2) is 11.6 Å². The molecular formula is C27H25FN4O4S. The first-order chi connectivity index (χ1) is 18.0. The van der Waals surface area contributed by atoms with Gasteiger partial charge in [0.1, 0.15) is 5.75 Å². The highest BCUT2D eigenvalue weighted by Gasteiger charge is 2.14. The van der Waals surface area contributed by atoms with Crippen molar-refractivity contribution in [3.63, 3.8) is 0 Å². The number of ether oxygens (including phenoxy) is 2. The fourth-order valence-corrected chi connectivity index (χ4v) is 4.07. The second-order valence-electron chi connectivity index (χ2n) is 7.87. The molecule has 37 heavy (non-hydrogen) atoms. The normalized spacial score (nSPS) is 10.6. The average molecular weight is 521 g/mol. The molecule has 0 fully saturated rings. The van der Waals surface area contributed by atoms with Crippen LogP contribution >= 0.6 is 11.9 Å². The SMILES string of the molecule is CNC(=O)c1cc2ccc(Oc3ccc(NCSNC(=O)Cc4ccccc4)cc3F)nc2cc1OC. The molecule has 1 aromatic heterocycles. The van der Waals surface area contributed by atoms with Gasteiger partial charge in [-0.05, 0) is 41.8 Å². The van der Waals surface area contributed by atoms with Crippen molar-refractivity contribution in [3.8, 4) is 17.4 Å². The molecule has 10 heteroatoms. The van der Waals surface area contributed by atoms with Gasteiger partial charge in [-0.25, -0.2) is 9.37 Å². The van der Waals surface area contributed by atoms with Gasteiger partial charge in [0.2, 0.25) is 11.8 Å². The van der Waals surface area contributed by atoms with E-state index < -0.39 is 5.82 Å². The minimum atomic E-state index is -0.572. The Balaban J connectivity index is 1.34. The van der Waals surface area contributed by atoms with E-state index in [4.69, 9.17) is 9.47 Å². The summed E-state index contributed by atoms with van der Waals surface area (Å²) >= 11 is 1.19. The molecule has 0 radical (unpaired) electrons. The minimum absolute atomic E-state index is 0.00941. The first-order valence-electron chi connectivity index (χ1n) is 11.3. The van der Waals surface area contributed by atoms with E-state index in [9.17, 15) is 14.0 Å². The molecule has 1 heterocycles. The molecule has 3 N–H and O–H groups in total. The molecule has 4 aromatic rings. The van der Waals surface area contributed by atoms with Crippen molar-refractivity contribution in [1.29, 1.82) is 0 Å². The minimum Gasteiger partial charge on any atom is -0.496 e. The summed E-state index contributed by atoms with van der Waals surface area (Å²) in [6, 6.07) is 20.6. The van der Waals surface area contributed by atoms with E-state index in [0.29, 0.717) is 40.2 Å². The Morgan fingerprint density at radius 2 is 1.81 bits per heavy atom. The van der Waals surface area contributed by atoms with Crippen LogP contribution in [0.3, 0.4) is 0 Å². The second kappa shape index (κ2) is 12.1. The number of halogens is 1. The van der Waals surface area contributed by atoms with Crippen LogP contribution in [0, 0.1) is 5.82 Å². The molecule has 4 rings (SSSR count). The van der Waals surface area contributed by atoms with Crippen LogP contribution in [0.15, 0.2) is 72.8 Å². The number of carbonyl (C=O) groups excluding carboxylic acids is 2. The number of benzene rings is 3. The van der Waals surface area contributed by atoms with Crippen LogP contribution in [0.4, 0.5) is 10.1 Å². The Labute approximate surface area is 217 Å². The van der Waals surface area contributed by atoms with Crippen molar-refractivity contribution >= 4 is 40.4 Å². The Kier molecular flexibility index (Phi) is 8.42. The molecule has 0 saturated carbocycles. The molecule has 0 aliphatic carbocycles. The first-order valence-corrected chi connectivity index (χ1v) is 12.3. The molecule has 0 unspecified atom stereocenters. The number of rotatable bonds is 10. The number of hydrogen-bond acceptors (Lipinski definition) is 7. The summed E-state index contributed by atoms with van der Waals surface area (Å²) in [4.78, 5) is 28.5. The number of pyridine rings is 1. The lowest BCUT2D eigenvalue weighted by Gasteiger charge is -2.12. The summed E-state index contributed by atoms with van der Waals surface area (Å²) in [5, 5.41) is 6.33. The van der Waals surface area contributed by atoms with Crippen molar-refractivity contribution in [2.45, 2.75) is 6.42 Å². The Hall–Kier alpha value is -4.31. The van der Waals surface area contributed by atoms with Crippen LogP contribution in [0.5, 0.6) is 17.4 Å². The summed E-state index contributed by atoms with van der Waals surface area (Å²) < 4.78 is 28.4. The van der Waals surface area contributed by atoms with Crippen LogP contribution in [0.25, 0.3) is 10.9 Å². The number of aromatic nitrogens is 1. The molecule has 0 spiro atoms. The smallest absolute Gasteiger partial charge is 0.254 e. The number of fused-ring (bicyclic) bond motifs is 1.